The lowest BCUT2D eigenvalue weighted by molar-refractivity contribution is -0.0742. The van der Waals surface area contributed by atoms with Crippen molar-refractivity contribution in [3.8, 4) is 0 Å². The Bertz CT molecular complexity index is 1710. The number of likely N-dealkylation sites (tertiary alicyclic amines) is 1. The third-order valence-corrected chi connectivity index (χ3v) is 7.96. The summed E-state index contributed by atoms with van der Waals surface area (Å²) >= 11 is 0. The molecule has 12 heteroatoms. The molecule has 40 heavy (non-hydrogen) atoms. The third kappa shape index (κ3) is 4.91. The number of hydrogen-bond acceptors (Lipinski definition) is 8. The van der Waals surface area contributed by atoms with Crippen molar-refractivity contribution in [2.24, 2.45) is 0 Å². The van der Waals surface area contributed by atoms with Crippen LogP contribution in [-0.4, -0.2) is 59.1 Å². The molecule has 2 aromatic heterocycles. The van der Waals surface area contributed by atoms with Gasteiger partial charge >= 0.3 is 0 Å². The maximum atomic E-state index is 13.7. The van der Waals surface area contributed by atoms with Gasteiger partial charge in [0.2, 0.25) is 10.0 Å². The molecule has 6 rings (SSSR count). The van der Waals surface area contributed by atoms with E-state index in [4.69, 9.17) is 4.74 Å². The van der Waals surface area contributed by atoms with Gasteiger partial charge in [-0.05, 0) is 29.5 Å². The highest BCUT2D eigenvalue weighted by molar-refractivity contribution is 7.89. The van der Waals surface area contributed by atoms with E-state index in [0.29, 0.717) is 44.9 Å². The highest BCUT2D eigenvalue weighted by Crippen LogP contribution is 2.44. The van der Waals surface area contributed by atoms with Crippen LogP contribution in [0.5, 0.6) is 0 Å². The molecule has 0 saturated carbocycles. The number of aromatic nitrogens is 3. The Balaban J connectivity index is 1.30. The Labute approximate surface area is 231 Å². The maximum absolute atomic E-state index is 13.7. The first-order chi connectivity index (χ1) is 19.2. The maximum Gasteiger partial charge on any atom is 0.272 e. The number of hydrogen-bond donors (Lipinski definition) is 2. The van der Waals surface area contributed by atoms with Gasteiger partial charge < -0.3 is 15.0 Å². The van der Waals surface area contributed by atoms with Crippen LogP contribution in [0.4, 0.5) is 5.82 Å². The first-order valence-corrected chi connectivity index (χ1v) is 14.8. The summed E-state index contributed by atoms with van der Waals surface area (Å²) in [6.45, 7) is 1.96. The molecular formula is C28H28N6O5S. The summed E-state index contributed by atoms with van der Waals surface area (Å²) in [7, 11) is -3.82. The molecule has 206 valence electrons. The van der Waals surface area contributed by atoms with Gasteiger partial charge in [0.25, 0.3) is 11.8 Å². The second kappa shape index (κ2) is 10.0. The molecule has 1 spiro atoms. The molecule has 4 aromatic rings. The zero-order valence-electron chi connectivity index (χ0n) is 21.8. The van der Waals surface area contributed by atoms with Crippen molar-refractivity contribution in [3.05, 3.63) is 94.8 Å². The second-order valence-electron chi connectivity index (χ2n) is 10.1. The van der Waals surface area contributed by atoms with Crippen LogP contribution < -0.4 is 10.0 Å². The van der Waals surface area contributed by atoms with Crippen LogP contribution in [0, 0.1) is 0 Å². The molecule has 4 heterocycles. The minimum Gasteiger partial charge on any atom is -0.366 e. The van der Waals surface area contributed by atoms with E-state index in [1.165, 1.54) is 21.8 Å². The van der Waals surface area contributed by atoms with Crippen molar-refractivity contribution in [1.29, 1.82) is 0 Å². The van der Waals surface area contributed by atoms with Crippen LogP contribution in [0.15, 0.2) is 66.9 Å². The van der Waals surface area contributed by atoms with Gasteiger partial charge in [0, 0.05) is 25.7 Å². The molecule has 0 aliphatic carbocycles. The van der Waals surface area contributed by atoms with Gasteiger partial charge in [-0.25, -0.2) is 18.1 Å². The van der Waals surface area contributed by atoms with E-state index in [1.807, 2.05) is 47.2 Å². The average molecular weight is 561 g/mol. The predicted octanol–water partition coefficient (Wildman–Crippen LogP) is 2.69. The van der Waals surface area contributed by atoms with Gasteiger partial charge in [-0.2, -0.15) is 9.61 Å². The number of ether oxygens (including phenoxy) is 1. The Morgan fingerprint density at radius 1 is 1.05 bits per heavy atom. The monoisotopic (exact) mass is 560 g/mol. The smallest absolute Gasteiger partial charge is 0.272 e. The number of piperidine rings is 1. The van der Waals surface area contributed by atoms with E-state index < -0.39 is 21.5 Å². The molecule has 0 radical (unpaired) electrons. The second-order valence-corrected chi connectivity index (χ2v) is 11.8. The van der Waals surface area contributed by atoms with E-state index in [2.05, 4.69) is 27.5 Å². The van der Waals surface area contributed by atoms with Gasteiger partial charge in [-0.3, -0.25) is 9.59 Å². The summed E-state index contributed by atoms with van der Waals surface area (Å²) < 4.78 is 33.0. The molecule has 2 amide bonds. The van der Waals surface area contributed by atoms with E-state index in [-0.39, 0.29) is 22.8 Å². The molecule has 2 aliphatic rings. The molecular weight excluding hydrogens is 532 g/mol. The Morgan fingerprint density at radius 3 is 2.52 bits per heavy atom. The van der Waals surface area contributed by atoms with E-state index in [1.54, 1.807) is 11.0 Å². The third-order valence-electron chi connectivity index (χ3n) is 7.40. The standard InChI is InChI=1S/C28H28N6O5S/c1-40(37,38)32-26(35)21-17-30-34-24(29-16-19-7-3-2-4-8-19)15-23(31-25(21)34)27(36)33-13-11-28(12-14-33)22-10-6-5-9-20(22)18-39-28/h2-10,15,17,29H,11-14,16,18H2,1H3,(H,32,35). The number of nitrogens with zero attached hydrogens (tertiary/aromatic N) is 4. The molecule has 1 fully saturated rings. The number of benzene rings is 2. The van der Waals surface area contributed by atoms with Crippen molar-refractivity contribution in [2.75, 3.05) is 24.7 Å². The van der Waals surface area contributed by atoms with Crippen LogP contribution in [0.25, 0.3) is 5.65 Å². The van der Waals surface area contributed by atoms with Crippen molar-refractivity contribution < 1.29 is 22.7 Å². The SMILES string of the molecule is CS(=O)(=O)NC(=O)c1cnn2c(NCc3ccccc3)cc(C(=O)N3CCC4(CC3)OCc3ccccc34)nc12. The summed E-state index contributed by atoms with van der Waals surface area (Å²) in [5.41, 5.74) is 3.12. The topological polar surface area (TPSA) is 135 Å². The fourth-order valence-corrected chi connectivity index (χ4v) is 5.85. The average Bonchev–Trinajstić information content (AvgIpc) is 3.54. The minimum absolute atomic E-state index is 0.0589. The predicted molar refractivity (Wildman–Crippen MR) is 147 cm³/mol. The van der Waals surface area contributed by atoms with Gasteiger partial charge in [-0.15, -0.1) is 0 Å². The van der Waals surface area contributed by atoms with Crippen molar-refractivity contribution in [2.45, 2.75) is 31.6 Å². The van der Waals surface area contributed by atoms with Crippen LogP contribution in [0.3, 0.4) is 0 Å². The molecule has 2 N–H and O–H groups in total. The van der Waals surface area contributed by atoms with E-state index >= 15 is 0 Å². The molecule has 1 saturated heterocycles. The summed E-state index contributed by atoms with van der Waals surface area (Å²) in [5, 5.41) is 7.53. The van der Waals surface area contributed by atoms with Gasteiger partial charge in [0.15, 0.2) is 5.65 Å². The first kappa shape index (κ1) is 26.0. The zero-order valence-corrected chi connectivity index (χ0v) is 22.6. The fraction of sp³-hybridized carbons (Fsp3) is 0.286. The number of rotatable bonds is 6. The quantitative estimate of drug-likeness (QED) is 0.368. The lowest BCUT2D eigenvalue weighted by atomic mass is 9.84. The van der Waals surface area contributed by atoms with Crippen LogP contribution in [0.1, 0.15) is 50.4 Å². The van der Waals surface area contributed by atoms with Gasteiger partial charge in [-0.1, -0.05) is 54.6 Å². The Kier molecular flexibility index (Phi) is 6.51. The Hall–Kier alpha value is -4.29. The molecule has 0 bridgehead atoms. The zero-order chi connectivity index (χ0) is 27.9. The molecule has 0 unspecified atom stereocenters. The van der Waals surface area contributed by atoms with Gasteiger partial charge in [0.05, 0.1) is 24.7 Å². The Morgan fingerprint density at radius 2 is 1.77 bits per heavy atom. The minimum atomic E-state index is -3.82. The molecule has 11 nitrogen and oxygen atoms in total. The highest BCUT2D eigenvalue weighted by Gasteiger charge is 2.43. The molecule has 2 aromatic carbocycles. The van der Waals surface area contributed by atoms with Gasteiger partial charge in [0.1, 0.15) is 17.1 Å². The van der Waals surface area contributed by atoms with Crippen molar-refractivity contribution in [1.82, 2.24) is 24.2 Å². The number of nitrogens with one attached hydrogen (secondary N) is 2. The summed E-state index contributed by atoms with van der Waals surface area (Å²) in [4.78, 5) is 32.7. The van der Waals surface area contributed by atoms with Crippen molar-refractivity contribution >= 4 is 33.3 Å². The van der Waals surface area contributed by atoms with E-state index in [9.17, 15) is 18.0 Å². The summed E-state index contributed by atoms with van der Waals surface area (Å²) in [6.07, 6.45) is 3.45. The lowest BCUT2D eigenvalue weighted by Gasteiger charge is -2.39. The number of fused-ring (bicyclic) bond motifs is 3. The van der Waals surface area contributed by atoms with E-state index in [0.717, 1.165) is 11.8 Å². The number of carbonyl (C=O) groups excluding carboxylic acids is 2. The largest absolute Gasteiger partial charge is 0.366 e. The van der Waals surface area contributed by atoms with Crippen molar-refractivity contribution in [3.63, 3.8) is 0 Å². The van der Waals surface area contributed by atoms with Crippen LogP contribution in [0.2, 0.25) is 0 Å². The highest BCUT2D eigenvalue weighted by atomic mass is 32.2. The summed E-state index contributed by atoms with van der Waals surface area (Å²) in [6, 6.07) is 19.5. The fourth-order valence-electron chi connectivity index (χ4n) is 5.40. The van der Waals surface area contributed by atoms with Crippen LogP contribution >= 0.6 is 0 Å². The number of amides is 2. The lowest BCUT2D eigenvalue weighted by Crippen LogP contribution is -2.45. The molecule has 2 aliphatic heterocycles. The molecule has 0 atom stereocenters. The normalized spacial score (nSPS) is 16.2. The summed E-state index contributed by atoms with van der Waals surface area (Å²) in [5.74, 6) is -0.722. The first-order valence-electron chi connectivity index (χ1n) is 12.9. The number of carbonyl (C=O) groups is 2. The number of sulfonamides is 1. The number of anilines is 1. The van der Waals surface area contributed by atoms with Crippen LogP contribution in [-0.2, 0) is 33.5 Å².